The summed E-state index contributed by atoms with van der Waals surface area (Å²) in [7, 11) is 0. The number of aromatic nitrogens is 1. The molecule has 10 heteroatoms. The number of fused-ring (bicyclic) bond motifs is 1. The van der Waals surface area contributed by atoms with Crippen LogP contribution in [0.2, 0.25) is 0 Å². The second kappa shape index (κ2) is 12.3. The second-order valence-electron chi connectivity index (χ2n) is 10.7. The Labute approximate surface area is 252 Å². The van der Waals surface area contributed by atoms with Gasteiger partial charge in [-0.1, -0.05) is 74.9 Å². The van der Waals surface area contributed by atoms with Gasteiger partial charge >= 0.3 is 5.97 Å². The van der Waals surface area contributed by atoms with Gasteiger partial charge < -0.3 is 9.15 Å². The molecule has 0 fully saturated rings. The minimum absolute atomic E-state index is 0.00507. The first kappa shape index (κ1) is 29.9. The molecule has 1 unspecified atom stereocenters. The molecule has 0 spiro atoms. The van der Waals surface area contributed by atoms with E-state index in [1.807, 2.05) is 31.2 Å². The first-order chi connectivity index (χ1) is 20.6. The van der Waals surface area contributed by atoms with Crippen molar-refractivity contribution < 1.29 is 18.9 Å². The lowest BCUT2D eigenvalue weighted by molar-refractivity contribution is -0.385. The number of nitrogens with zero attached hydrogens (tertiary/aromatic N) is 3. The number of hydrogen-bond donors (Lipinski definition) is 0. The standard InChI is InChI=1S/C33H33N3O6S/c1-6-8-25-29(32(38)41-7-2)30(22-13-11-21(12-14-22)19(3)4)35-31(37)28(43-33(35)34-25)18-24-15-16-27(42-24)23-10-9-20(5)26(17-23)36(39)40/h9-19,30H,6-8H2,1-5H3/b28-18-. The Morgan fingerprint density at radius 2 is 1.91 bits per heavy atom. The average Bonchev–Trinajstić information content (AvgIpc) is 3.57. The number of carbonyl (C=O) groups is 1. The number of aryl methyl sites for hydroxylation is 1. The molecule has 9 nitrogen and oxygen atoms in total. The number of allylic oxidation sites excluding steroid dienone is 1. The number of nitro groups is 1. The van der Waals surface area contributed by atoms with Crippen molar-refractivity contribution >= 4 is 29.1 Å². The van der Waals surface area contributed by atoms with E-state index in [0.717, 1.165) is 17.5 Å². The zero-order chi connectivity index (χ0) is 30.8. The lowest BCUT2D eigenvalue weighted by Gasteiger charge is -2.26. The third kappa shape index (κ3) is 5.87. The summed E-state index contributed by atoms with van der Waals surface area (Å²) in [5.41, 5.74) is 3.76. The molecule has 0 N–H and O–H groups in total. The number of hydrogen-bond acceptors (Lipinski definition) is 8. The van der Waals surface area contributed by atoms with Crippen LogP contribution in [0, 0.1) is 17.0 Å². The van der Waals surface area contributed by atoms with E-state index in [9.17, 15) is 19.7 Å². The van der Waals surface area contributed by atoms with Crippen LogP contribution in [0.3, 0.4) is 0 Å². The van der Waals surface area contributed by atoms with Crippen LogP contribution in [0.25, 0.3) is 17.4 Å². The predicted molar refractivity (Wildman–Crippen MR) is 166 cm³/mol. The van der Waals surface area contributed by atoms with Crippen molar-refractivity contribution in [1.29, 1.82) is 0 Å². The molecule has 2 aromatic carbocycles. The van der Waals surface area contributed by atoms with Crippen molar-refractivity contribution in [3.05, 3.63) is 118 Å². The van der Waals surface area contributed by atoms with Crippen LogP contribution in [-0.4, -0.2) is 22.1 Å². The summed E-state index contributed by atoms with van der Waals surface area (Å²) in [6, 6.07) is 15.6. The van der Waals surface area contributed by atoms with E-state index in [1.54, 1.807) is 48.8 Å². The SMILES string of the molecule is CCCC1=C(C(=O)OCC)C(c2ccc(C(C)C)cc2)n2c(s/c(=C\c3ccc(-c4ccc(C)c([N+](=O)[O-])c4)o3)c2=O)=N1. The lowest BCUT2D eigenvalue weighted by atomic mass is 9.92. The number of furan rings is 1. The Kier molecular flexibility index (Phi) is 8.59. The highest BCUT2D eigenvalue weighted by Crippen LogP contribution is 2.33. The minimum Gasteiger partial charge on any atom is -0.463 e. The molecule has 0 saturated carbocycles. The first-order valence-electron chi connectivity index (χ1n) is 14.3. The van der Waals surface area contributed by atoms with E-state index < -0.39 is 16.9 Å². The maximum atomic E-state index is 14.0. The number of benzene rings is 2. The Balaban J connectivity index is 1.64. The molecule has 0 aliphatic carbocycles. The lowest BCUT2D eigenvalue weighted by Crippen LogP contribution is -2.40. The Morgan fingerprint density at radius 3 is 2.56 bits per heavy atom. The molecule has 4 aromatic rings. The zero-order valence-corrected chi connectivity index (χ0v) is 25.6. The average molecular weight is 600 g/mol. The summed E-state index contributed by atoms with van der Waals surface area (Å²) in [5.74, 6) is 0.709. The molecule has 1 aliphatic rings. The summed E-state index contributed by atoms with van der Waals surface area (Å²) in [6.07, 6.45) is 2.97. The maximum absolute atomic E-state index is 14.0. The number of carbonyl (C=O) groups excluding carboxylic acids is 1. The van der Waals surface area contributed by atoms with Gasteiger partial charge in [0.2, 0.25) is 0 Å². The summed E-state index contributed by atoms with van der Waals surface area (Å²) in [4.78, 5) is 43.6. The maximum Gasteiger partial charge on any atom is 0.338 e. The van der Waals surface area contributed by atoms with E-state index in [4.69, 9.17) is 14.1 Å². The van der Waals surface area contributed by atoms with Crippen LogP contribution in [-0.2, 0) is 9.53 Å². The summed E-state index contributed by atoms with van der Waals surface area (Å²) in [6.45, 7) is 9.88. The Bertz CT molecular complexity index is 1910. The van der Waals surface area contributed by atoms with Gasteiger partial charge in [-0.25, -0.2) is 9.79 Å². The van der Waals surface area contributed by atoms with Crippen molar-refractivity contribution in [3.63, 3.8) is 0 Å². The smallest absolute Gasteiger partial charge is 0.338 e. The molecular weight excluding hydrogens is 566 g/mol. The molecule has 0 radical (unpaired) electrons. The Hall–Kier alpha value is -4.57. The highest BCUT2D eigenvalue weighted by molar-refractivity contribution is 7.07. The van der Waals surface area contributed by atoms with E-state index in [2.05, 4.69) is 13.8 Å². The third-order valence-electron chi connectivity index (χ3n) is 7.40. The predicted octanol–water partition coefficient (Wildman–Crippen LogP) is 6.18. The zero-order valence-electron chi connectivity index (χ0n) is 24.7. The molecule has 2 aromatic heterocycles. The highest BCUT2D eigenvalue weighted by Gasteiger charge is 2.34. The van der Waals surface area contributed by atoms with Crippen LogP contribution < -0.4 is 14.9 Å². The number of rotatable bonds is 9. The molecule has 0 bridgehead atoms. The molecule has 0 saturated heterocycles. The van der Waals surface area contributed by atoms with Gasteiger partial charge in [0.05, 0.1) is 33.4 Å². The van der Waals surface area contributed by atoms with E-state index in [0.29, 0.717) is 55.6 Å². The molecule has 3 heterocycles. The summed E-state index contributed by atoms with van der Waals surface area (Å²) >= 11 is 1.23. The van der Waals surface area contributed by atoms with Crippen LogP contribution in [0.15, 0.2) is 80.1 Å². The first-order valence-corrected chi connectivity index (χ1v) is 15.1. The third-order valence-corrected chi connectivity index (χ3v) is 8.38. The van der Waals surface area contributed by atoms with Gasteiger partial charge in [0.15, 0.2) is 4.80 Å². The summed E-state index contributed by atoms with van der Waals surface area (Å²) in [5, 5.41) is 11.4. The molecule has 0 amide bonds. The molecule has 5 rings (SSSR count). The number of esters is 1. The van der Waals surface area contributed by atoms with Crippen LogP contribution in [0.5, 0.6) is 0 Å². The molecular formula is C33H33N3O6S. The fraction of sp³-hybridized carbons (Fsp3) is 0.303. The number of thiazole rings is 1. The van der Waals surface area contributed by atoms with Crippen LogP contribution in [0.4, 0.5) is 5.69 Å². The van der Waals surface area contributed by atoms with Crippen molar-refractivity contribution in [2.24, 2.45) is 4.99 Å². The number of ether oxygens (including phenoxy) is 1. The quantitative estimate of drug-likeness (QED) is 0.129. The second-order valence-corrected chi connectivity index (χ2v) is 11.7. The van der Waals surface area contributed by atoms with Gasteiger partial charge in [-0.05, 0) is 49.4 Å². The minimum atomic E-state index is -0.694. The van der Waals surface area contributed by atoms with E-state index >= 15 is 0 Å². The van der Waals surface area contributed by atoms with Gasteiger partial charge in [0.25, 0.3) is 11.2 Å². The fourth-order valence-corrected chi connectivity index (χ4v) is 6.17. The van der Waals surface area contributed by atoms with Crippen molar-refractivity contribution in [3.8, 4) is 11.3 Å². The molecule has 1 atom stereocenters. The molecule has 43 heavy (non-hydrogen) atoms. The summed E-state index contributed by atoms with van der Waals surface area (Å²) < 4.78 is 13.4. The Morgan fingerprint density at radius 1 is 1.16 bits per heavy atom. The largest absolute Gasteiger partial charge is 0.463 e. The van der Waals surface area contributed by atoms with E-state index in [1.165, 1.54) is 17.4 Å². The van der Waals surface area contributed by atoms with Crippen LogP contribution in [0.1, 0.15) is 74.9 Å². The van der Waals surface area contributed by atoms with Gasteiger partial charge in [-0.3, -0.25) is 19.5 Å². The fourth-order valence-electron chi connectivity index (χ4n) is 5.17. The van der Waals surface area contributed by atoms with Crippen molar-refractivity contribution in [1.82, 2.24) is 4.57 Å². The monoisotopic (exact) mass is 599 g/mol. The van der Waals surface area contributed by atoms with Crippen LogP contribution >= 0.6 is 11.3 Å². The highest BCUT2D eigenvalue weighted by atomic mass is 32.1. The van der Waals surface area contributed by atoms with Crippen molar-refractivity contribution in [2.75, 3.05) is 6.61 Å². The van der Waals surface area contributed by atoms with Gasteiger partial charge in [0, 0.05) is 23.3 Å². The van der Waals surface area contributed by atoms with Crippen molar-refractivity contribution in [2.45, 2.75) is 59.4 Å². The molecule has 1 aliphatic heterocycles. The topological polar surface area (TPSA) is 117 Å². The number of nitro benzene ring substituents is 1. The van der Waals surface area contributed by atoms with Gasteiger partial charge in [-0.15, -0.1) is 0 Å². The normalized spacial score (nSPS) is 15.0. The molecule has 222 valence electrons. The van der Waals surface area contributed by atoms with Gasteiger partial charge in [-0.2, -0.15) is 0 Å². The van der Waals surface area contributed by atoms with E-state index in [-0.39, 0.29) is 17.9 Å². The van der Waals surface area contributed by atoms with Gasteiger partial charge in [0.1, 0.15) is 11.5 Å².